The van der Waals surface area contributed by atoms with E-state index in [1.165, 1.54) is 6.07 Å². The highest BCUT2D eigenvalue weighted by molar-refractivity contribution is 5.95. The standard InChI is InChI=1S/C13H14FNO3/c1-13(2)6-9(13)11(16)15-7-3-4-8(12(17)18)10(14)5-7/h3-5,9H,6H2,1-2H3,(H,15,16)(H,17,18). The maximum Gasteiger partial charge on any atom is 0.338 e. The number of amides is 1. The van der Waals surface area contributed by atoms with Gasteiger partial charge in [-0.25, -0.2) is 9.18 Å². The zero-order chi connectivity index (χ0) is 13.5. The number of carbonyl (C=O) groups excluding carboxylic acids is 1. The minimum atomic E-state index is -1.33. The molecule has 1 aliphatic rings. The van der Waals surface area contributed by atoms with E-state index in [1.807, 2.05) is 13.8 Å². The molecule has 0 bridgehead atoms. The number of hydrogen-bond donors (Lipinski definition) is 2. The number of rotatable bonds is 3. The molecule has 1 aromatic rings. The SMILES string of the molecule is CC1(C)CC1C(=O)Nc1ccc(C(=O)O)c(F)c1. The smallest absolute Gasteiger partial charge is 0.338 e. The van der Waals surface area contributed by atoms with Crippen LogP contribution in [-0.4, -0.2) is 17.0 Å². The highest BCUT2D eigenvalue weighted by Crippen LogP contribution is 2.51. The topological polar surface area (TPSA) is 66.4 Å². The van der Waals surface area contributed by atoms with Crippen molar-refractivity contribution in [2.24, 2.45) is 11.3 Å². The minimum absolute atomic E-state index is 0.00360. The molecule has 1 aliphatic carbocycles. The number of carbonyl (C=O) groups is 2. The minimum Gasteiger partial charge on any atom is -0.478 e. The van der Waals surface area contributed by atoms with Gasteiger partial charge in [0.25, 0.3) is 0 Å². The van der Waals surface area contributed by atoms with E-state index in [1.54, 1.807) is 0 Å². The van der Waals surface area contributed by atoms with Crippen molar-refractivity contribution in [1.82, 2.24) is 0 Å². The Balaban J connectivity index is 2.09. The van der Waals surface area contributed by atoms with Crippen molar-refractivity contribution in [3.63, 3.8) is 0 Å². The fourth-order valence-corrected chi connectivity index (χ4v) is 1.91. The first kappa shape index (κ1) is 12.5. The molecule has 1 atom stereocenters. The average Bonchev–Trinajstić information content (AvgIpc) is 2.87. The first-order chi connectivity index (χ1) is 8.31. The molecule has 0 saturated heterocycles. The second kappa shape index (κ2) is 4.08. The Hall–Kier alpha value is -1.91. The van der Waals surface area contributed by atoms with Gasteiger partial charge in [-0.3, -0.25) is 4.79 Å². The highest BCUT2D eigenvalue weighted by Gasteiger charge is 2.50. The van der Waals surface area contributed by atoms with Gasteiger partial charge < -0.3 is 10.4 Å². The molecule has 1 aromatic carbocycles. The third kappa shape index (κ3) is 2.34. The van der Waals surface area contributed by atoms with E-state index in [9.17, 15) is 14.0 Å². The van der Waals surface area contributed by atoms with Gasteiger partial charge in [0.1, 0.15) is 5.82 Å². The molecule has 4 nitrogen and oxygen atoms in total. The fraction of sp³-hybridized carbons (Fsp3) is 0.385. The molecule has 2 rings (SSSR count). The summed E-state index contributed by atoms with van der Waals surface area (Å²) in [6.45, 7) is 3.98. The number of anilines is 1. The van der Waals surface area contributed by atoms with Gasteiger partial charge in [0.15, 0.2) is 0 Å². The molecule has 96 valence electrons. The number of carboxylic acids is 1. The van der Waals surface area contributed by atoms with Crippen LogP contribution in [0.1, 0.15) is 30.6 Å². The van der Waals surface area contributed by atoms with Crippen LogP contribution in [0, 0.1) is 17.2 Å². The first-order valence-electron chi connectivity index (χ1n) is 5.65. The van der Waals surface area contributed by atoms with Crippen molar-refractivity contribution >= 4 is 17.6 Å². The maximum atomic E-state index is 13.4. The van der Waals surface area contributed by atoms with Crippen LogP contribution in [0.15, 0.2) is 18.2 Å². The molecule has 0 aliphatic heterocycles. The Morgan fingerprint density at radius 2 is 2.06 bits per heavy atom. The van der Waals surface area contributed by atoms with Gasteiger partial charge in [0.05, 0.1) is 5.56 Å². The zero-order valence-electron chi connectivity index (χ0n) is 10.2. The van der Waals surface area contributed by atoms with Gasteiger partial charge in [-0.1, -0.05) is 13.8 Å². The van der Waals surface area contributed by atoms with Gasteiger partial charge >= 0.3 is 5.97 Å². The first-order valence-corrected chi connectivity index (χ1v) is 5.65. The van der Waals surface area contributed by atoms with Crippen LogP contribution in [-0.2, 0) is 4.79 Å². The van der Waals surface area contributed by atoms with Gasteiger partial charge in [0, 0.05) is 11.6 Å². The molecule has 0 radical (unpaired) electrons. The molecule has 5 heteroatoms. The van der Waals surface area contributed by atoms with E-state index in [2.05, 4.69) is 5.32 Å². The van der Waals surface area contributed by atoms with Crippen LogP contribution in [0.25, 0.3) is 0 Å². The molecule has 1 saturated carbocycles. The molecule has 18 heavy (non-hydrogen) atoms. The summed E-state index contributed by atoms with van der Waals surface area (Å²) in [7, 11) is 0. The van der Waals surface area contributed by atoms with Crippen molar-refractivity contribution in [3.8, 4) is 0 Å². The van der Waals surface area contributed by atoms with Crippen molar-refractivity contribution in [1.29, 1.82) is 0 Å². The lowest BCUT2D eigenvalue weighted by Crippen LogP contribution is -2.16. The number of hydrogen-bond acceptors (Lipinski definition) is 2. The van der Waals surface area contributed by atoms with Crippen molar-refractivity contribution in [2.45, 2.75) is 20.3 Å². The molecule has 1 unspecified atom stereocenters. The molecular weight excluding hydrogens is 237 g/mol. The maximum absolute atomic E-state index is 13.4. The van der Waals surface area contributed by atoms with Crippen LogP contribution >= 0.6 is 0 Å². The third-order valence-corrected chi connectivity index (χ3v) is 3.30. The third-order valence-electron chi connectivity index (χ3n) is 3.30. The summed E-state index contributed by atoms with van der Waals surface area (Å²) < 4.78 is 13.4. The van der Waals surface area contributed by atoms with E-state index in [0.29, 0.717) is 0 Å². The van der Waals surface area contributed by atoms with E-state index < -0.39 is 17.3 Å². The highest BCUT2D eigenvalue weighted by atomic mass is 19.1. The molecule has 1 amide bonds. The number of benzene rings is 1. The quantitative estimate of drug-likeness (QED) is 0.867. The van der Waals surface area contributed by atoms with Gasteiger partial charge in [-0.2, -0.15) is 0 Å². The second-order valence-electron chi connectivity index (χ2n) is 5.23. The summed E-state index contributed by atoms with van der Waals surface area (Å²) in [5, 5.41) is 11.3. The number of nitrogens with one attached hydrogen (secondary N) is 1. The summed E-state index contributed by atoms with van der Waals surface area (Å²) in [5.41, 5.74) is -0.117. The molecular formula is C13H14FNO3. The summed E-state index contributed by atoms with van der Waals surface area (Å²) >= 11 is 0. The lowest BCUT2D eigenvalue weighted by atomic mass is 10.1. The van der Waals surface area contributed by atoms with Gasteiger partial charge in [-0.15, -0.1) is 0 Å². The molecule has 1 fully saturated rings. The molecule has 0 heterocycles. The van der Waals surface area contributed by atoms with Crippen molar-refractivity contribution in [3.05, 3.63) is 29.6 Å². The van der Waals surface area contributed by atoms with Crippen LogP contribution < -0.4 is 5.32 Å². The Morgan fingerprint density at radius 3 is 2.50 bits per heavy atom. The van der Waals surface area contributed by atoms with Crippen LogP contribution in [0.2, 0.25) is 0 Å². The Labute approximate surface area is 104 Å². The van der Waals surface area contributed by atoms with Crippen molar-refractivity contribution < 1.29 is 19.1 Å². The normalized spacial score (nSPS) is 20.3. The number of aromatic carboxylic acids is 1. The second-order valence-corrected chi connectivity index (χ2v) is 5.23. The molecule has 2 N–H and O–H groups in total. The molecule has 0 aromatic heterocycles. The number of halogens is 1. The summed E-state index contributed by atoms with van der Waals surface area (Å²) in [6.07, 6.45) is 0.814. The molecule has 0 spiro atoms. The van der Waals surface area contributed by atoms with E-state index in [-0.39, 0.29) is 22.9 Å². The lowest BCUT2D eigenvalue weighted by Gasteiger charge is -2.07. The van der Waals surface area contributed by atoms with Crippen molar-refractivity contribution in [2.75, 3.05) is 5.32 Å². The largest absolute Gasteiger partial charge is 0.478 e. The Bertz CT molecular complexity index is 525. The monoisotopic (exact) mass is 251 g/mol. The number of carboxylic acid groups (broad SMARTS) is 1. The lowest BCUT2D eigenvalue weighted by molar-refractivity contribution is -0.118. The average molecular weight is 251 g/mol. The van der Waals surface area contributed by atoms with E-state index in [0.717, 1.165) is 18.6 Å². The summed E-state index contributed by atoms with van der Waals surface area (Å²) in [6, 6.07) is 3.56. The van der Waals surface area contributed by atoms with E-state index in [4.69, 9.17) is 5.11 Å². The van der Waals surface area contributed by atoms with Crippen LogP contribution in [0.5, 0.6) is 0 Å². The summed E-state index contributed by atoms with van der Waals surface area (Å²) in [5.74, 6) is -2.38. The predicted octanol–water partition coefficient (Wildman–Crippen LogP) is 2.51. The Morgan fingerprint density at radius 1 is 1.44 bits per heavy atom. The van der Waals surface area contributed by atoms with E-state index >= 15 is 0 Å². The van der Waals surface area contributed by atoms with Gasteiger partial charge in [-0.05, 0) is 30.0 Å². The Kier molecular flexibility index (Phi) is 2.84. The zero-order valence-corrected chi connectivity index (χ0v) is 10.2. The predicted molar refractivity (Wildman–Crippen MR) is 63.9 cm³/mol. The van der Waals surface area contributed by atoms with Crippen LogP contribution in [0.4, 0.5) is 10.1 Å². The fourth-order valence-electron chi connectivity index (χ4n) is 1.91. The van der Waals surface area contributed by atoms with Gasteiger partial charge in [0.2, 0.25) is 5.91 Å². The van der Waals surface area contributed by atoms with Crippen LogP contribution in [0.3, 0.4) is 0 Å². The summed E-state index contributed by atoms with van der Waals surface area (Å²) in [4.78, 5) is 22.4.